The topological polar surface area (TPSA) is 43.3 Å². The summed E-state index contributed by atoms with van der Waals surface area (Å²) < 4.78 is 7.74. The molecule has 0 atom stereocenters. The van der Waals surface area contributed by atoms with E-state index in [1.807, 2.05) is 62.7 Å². The van der Waals surface area contributed by atoms with E-state index in [4.69, 9.17) is 4.74 Å². The van der Waals surface area contributed by atoms with Crippen molar-refractivity contribution in [1.29, 1.82) is 0 Å². The van der Waals surface area contributed by atoms with Gasteiger partial charge in [-0.3, -0.25) is 4.79 Å². The molecule has 1 heterocycles. The van der Waals surface area contributed by atoms with Crippen LogP contribution in [0.5, 0.6) is 5.75 Å². The van der Waals surface area contributed by atoms with Gasteiger partial charge in [-0.15, -0.1) is 0 Å². The van der Waals surface area contributed by atoms with E-state index in [-0.39, 0.29) is 18.1 Å². The Morgan fingerprint density at radius 2 is 2.00 bits per heavy atom. The fourth-order valence-corrected chi connectivity index (χ4v) is 2.21. The molecule has 1 amide bonds. The quantitative estimate of drug-likeness (QED) is 0.911. The van der Waals surface area contributed by atoms with Gasteiger partial charge >= 0.3 is 0 Å². The van der Waals surface area contributed by atoms with Gasteiger partial charge in [-0.2, -0.15) is 0 Å². The van der Waals surface area contributed by atoms with Crippen molar-refractivity contribution in [2.24, 2.45) is 0 Å². The SMILES string of the molecule is CC(C)NC(=O)Cn1ccc2c(OC(C)C)cccc21. The van der Waals surface area contributed by atoms with Crippen LogP contribution in [-0.2, 0) is 11.3 Å². The Balaban J connectivity index is 2.26. The van der Waals surface area contributed by atoms with E-state index in [1.54, 1.807) is 0 Å². The molecular formula is C16H22N2O2. The standard InChI is InChI=1S/C16H22N2O2/c1-11(2)17-16(19)10-18-9-8-13-14(18)6-5-7-15(13)20-12(3)4/h5-9,11-12H,10H2,1-4H3,(H,17,19). The van der Waals surface area contributed by atoms with Crippen molar-refractivity contribution in [1.82, 2.24) is 9.88 Å². The van der Waals surface area contributed by atoms with E-state index in [9.17, 15) is 4.79 Å². The highest BCUT2D eigenvalue weighted by molar-refractivity contribution is 5.88. The number of carbonyl (C=O) groups excluding carboxylic acids is 1. The highest BCUT2D eigenvalue weighted by Gasteiger charge is 2.10. The fraction of sp³-hybridized carbons (Fsp3) is 0.438. The number of ether oxygens (including phenoxy) is 1. The van der Waals surface area contributed by atoms with E-state index in [0.717, 1.165) is 16.7 Å². The second kappa shape index (κ2) is 5.99. The lowest BCUT2D eigenvalue weighted by Gasteiger charge is -2.12. The van der Waals surface area contributed by atoms with E-state index in [2.05, 4.69) is 5.32 Å². The lowest BCUT2D eigenvalue weighted by atomic mass is 10.2. The first kappa shape index (κ1) is 14.4. The van der Waals surface area contributed by atoms with Crippen molar-refractivity contribution in [2.45, 2.75) is 46.4 Å². The number of carbonyl (C=O) groups is 1. The van der Waals surface area contributed by atoms with Crippen LogP contribution in [0.15, 0.2) is 30.5 Å². The molecule has 0 aliphatic carbocycles. The largest absolute Gasteiger partial charge is 0.490 e. The molecule has 1 aromatic heterocycles. The number of fused-ring (bicyclic) bond motifs is 1. The zero-order valence-electron chi connectivity index (χ0n) is 12.5. The molecule has 1 aromatic carbocycles. The van der Waals surface area contributed by atoms with Crippen LogP contribution in [0.2, 0.25) is 0 Å². The first-order valence-electron chi connectivity index (χ1n) is 7.01. The van der Waals surface area contributed by atoms with Crippen LogP contribution in [0.25, 0.3) is 10.9 Å². The van der Waals surface area contributed by atoms with Crippen LogP contribution in [0.3, 0.4) is 0 Å². The zero-order valence-corrected chi connectivity index (χ0v) is 12.5. The molecule has 4 heteroatoms. The Morgan fingerprint density at radius 3 is 2.65 bits per heavy atom. The molecule has 108 valence electrons. The average Bonchev–Trinajstić information content (AvgIpc) is 2.72. The number of aromatic nitrogens is 1. The summed E-state index contributed by atoms with van der Waals surface area (Å²) in [4.78, 5) is 11.9. The maximum atomic E-state index is 11.9. The van der Waals surface area contributed by atoms with Gasteiger partial charge < -0.3 is 14.6 Å². The van der Waals surface area contributed by atoms with Crippen molar-refractivity contribution >= 4 is 16.8 Å². The number of rotatable bonds is 5. The minimum Gasteiger partial charge on any atom is -0.490 e. The summed E-state index contributed by atoms with van der Waals surface area (Å²) in [6.07, 6.45) is 2.06. The summed E-state index contributed by atoms with van der Waals surface area (Å²) >= 11 is 0. The number of benzene rings is 1. The van der Waals surface area contributed by atoms with Crippen LogP contribution >= 0.6 is 0 Å². The van der Waals surface area contributed by atoms with Gasteiger partial charge in [0.1, 0.15) is 12.3 Å². The van der Waals surface area contributed by atoms with Gasteiger partial charge in [-0.1, -0.05) is 6.07 Å². The average molecular weight is 274 g/mol. The lowest BCUT2D eigenvalue weighted by Crippen LogP contribution is -2.32. The van der Waals surface area contributed by atoms with E-state index in [0.29, 0.717) is 6.54 Å². The van der Waals surface area contributed by atoms with Crippen LogP contribution in [0.4, 0.5) is 0 Å². The molecule has 0 bridgehead atoms. The molecule has 0 saturated carbocycles. The third kappa shape index (κ3) is 3.32. The summed E-state index contributed by atoms with van der Waals surface area (Å²) in [5, 5.41) is 3.94. The summed E-state index contributed by atoms with van der Waals surface area (Å²) in [6.45, 7) is 8.26. The van der Waals surface area contributed by atoms with Crippen LogP contribution < -0.4 is 10.1 Å². The third-order valence-electron chi connectivity index (χ3n) is 2.90. The van der Waals surface area contributed by atoms with Crippen LogP contribution in [0, 0.1) is 0 Å². The smallest absolute Gasteiger partial charge is 0.240 e. The van der Waals surface area contributed by atoms with Crippen LogP contribution in [0.1, 0.15) is 27.7 Å². The molecule has 0 unspecified atom stereocenters. The molecule has 4 nitrogen and oxygen atoms in total. The summed E-state index contributed by atoms with van der Waals surface area (Å²) in [6, 6.07) is 8.07. The maximum absolute atomic E-state index is 11.9. The van der Waals surface area contributed by atoms with Crippen LogP contribution in [-0.4, -0.2) is 22.6 Å². The van der Waals surface area contributed by atoms with Gasteiger partial charge in [0, 0.05) is 17.6 Å². The summed E-state index contributed by atoms with van der Waals surface area (Å²) in [5.74, 6) is 0.883. The summed E-state index contributed by atoms with van der Waals surface area (Å²) in [5.41, 5.74) is 1.02. The van der Waals surface area contributed by atoms with Gasteiger partial charge in [0.2, 0.25) is 5.91 Å². The first-order chi connectivity index (χ1) is 9.47. The molecule has 0 fully saturated rings. The van der Waals surface area contributed by atoms with Crippen molar-refractivity contribution < 1.29 is 9.53 Å². The molecule has 0 aliphatic rings. The van der Waals surface area contributed by atoms with Crippen molar-refractivity contribution in [3.05, 3.63) is 30.5 Å². The maximum Gasteiger partial charge on any atom is 0.240 e. The molecule has 2 aromatic rings. The number of nitrogens with one attached hydrogen (secondary N) is 1. The normalized spacial score (nSPS) is 11.3. The van der Waals surface area contributed by atoms with Gasteiger partial charge in [-0.25, -0.2) is 0 Å². The minimum atomic E-state index is 0.0210. The van der Waals surface area contributed by atoms with Gasteiger partial charge in [-0.05, 0) is 45.9 Å². The molecule has 0 saturated heterocycles. The highest BCUT2D eigenvalue weighted by atomic mass is 16.5. The second-order valence-corrected chi connectivity index (χ2v) is 5.52. The molecule has 2 rings (SSSR count). The molecule has 20 heavy (non-hydrogen) atoms. The molecule has 0 spiro atoms. The van der Waals surface area contributed by atoms with Crippen molar-refractivity contribution in [3.63, 3.8) is 0 Å². The number of hydrogen-bond acceptors (Lipinski definition) is 2. The summed E-state index contributed by atoms with van der Waals surface area (Å²) in [7, 11) is 0. The lowest BCUT2D eigenvalue weighted by molar-refractivity contribution is -0.122. The van der Waals surface area contributed by atoms with Gasteiger partial charge in [0.15, 0.2) is 0 Å². The second-order valence-electron chi connectivity index (χ2n) is 5.52. The zero-order chi connectivity index (χ0) is 14.7. The first-order valence-corrected chi connectivity index (χ1v) is 7.01. The van der Waals surface area contributed by atoms with E-state index >= 15 is 0 Å². The number of amides is 1. The monoisotopic (exact) mass is 274 g/mol. The molecular weight excluding hydrogens is 252 g/mol. The predicted molar refractivity (Wildman–Crippen MR) is 81.0 cm³/mol. The Labute approximate surface area is 119 Å². The Morgan fingerprint density at radius 1 is 1.25 bits per heavy atom. The Bertz CT molecular complexity index is 600. The Kier molecular flexibility index (Phi) is 4.32. The Hall–Kier alpha value is -1.97. The van der Waals surface area contributed by atoms with E-state index in [1.165, 1.54) is 0 Å². The van der Waals surface area contributed by atoms with Crippen molar-refractivity contribution in [3.8, 4) is 5.75 Å². The fourth-order valence-electron chi connectivity index (χ4n) is 2.21. The van der Waals surface area contributed by atoms with Crippen molar-refractivity contribution in [2.75, 3.05) is 0 Å². The molecule has 0 aliphatic heterocycles. The molecule has 1 N–H and O–H groups in total. The molecule has 0 radical (unpaired) electrons. The predicted octanol–water partition coefficient (Wildman–Crippen LogP) is 2.95. The number of hydrogen-bond donors (Lipinski definition) is 1. The highest BCUT2D eigenvalue weighted by Crippen LogP contribution is 2.27. The third-order valence-corrected chi connectivity index (χ3v) is 2.90. The van der Waals surface area contributed by atoms with Gasteiger partial charge in [0.05, 0.1) is 11.6 Å². The van der Waals surface area contributed by atoms with E-state index < -0.39 is 0 Å². The number of nitrogens with zero attached hydrogens (tertiary/aromatic N) is 1. The van der Waals surface area contributed by atoms with Gasteiger partial charge in [0.25, 0.3) is 0 Å². The minimum absolute atomic E-state index is 0.0210.